The Hall–Kier alpha value is -2.63. The summed E-state index contributed by atoms with van der Waals surface area (Å²) in [5.74, 6) is 0.818. The van der Waals surface area contributed by atoms with Crippen LogP contribution in [0.15, 0.2) is 54.6 Å². The highest BCUT2D eigenvalue weighted by Gasteiger charge is 2.09. The molecule has 0 saturated heterocycles. The second kappa shape index (κ2) is 7.96. The smallest absolute Gasteiger partial charge is 0.118 e. The first-order chi connectivity index (χ1) is 12.2. The van der Waals surface area contributed by atoms with Crippen molar-refractivity contribution in [2.75, 3.05) is 32.6 Å². The maximum absolute atomic E-state index is 9.97. The van der Waals surface area contributed by atoms with Gasteiger partial charge in [0.2, 0.25) is 0 Å². The van der Waals surface area contributed by atoms with E-state index in [0.717, 1.165) is 33.6 Å². The third-order valence-electron chi connectivity index (χ3n) is 4.07. The van der Waals surface area contributed by atoms with Gasteiger partial charge in [0.15, 0.2) is 0 Å². The molecule has 1 aromatic heterocycles. The van der Waals surface area contributed by atoms with Crippen LogP contribution in [-0.2, 0) is 0 Å². The largest absolute Gasteiger partial charge is 0.497 e. The second-order valence-corrected chi connectivity index (χ2v) is 5.89. The predicted molar refractivity (Wildman–Crippen MR) is 102 cm³/mol. The molecule has 0 aliphatic rings. The molecule has 5 nitrogen and oxygen atoms in total. The van der Waals surface area contributed by atoms with Crippen molar-refractivity contribution < 1.29 is 9.84 Å². The number of benzene rings is 2. The Morgan fingerprint density at radius 1 is 1.08 bits per heavy atom. The molecule has 3 N–H and O–H groups in total. The summed E-state index contributed by atoms with van der Waals surface area (Å²) in [4.78, 5) is 4.77. The highest BCUT2D eigenvalue weighted by atomic mass is 16.5. The van der Waals surface area contributed by atoms with Crippen LogP contribution in [0.5, 0.6) is 5.75 Å². The number of fused-ring (bicyclic) bond motifs is 1. The molecule has 0 fully saturated rings. The van der Waals surface area contributed by atoms with Crippen molar-refractivity contribution in [2.24, 2.45) is 0 Å². The van der Waals surface area contributed by atoms with Gasteiger partial charge < -0.3 is 20.5 Å². The van der Waals surface area contributed by atoms with Crippen molar-refractivity contribution in [1.82, 2.24) is 10.3 Å². The first kappa shape index (κ1) is 17.2. The molecule has 1 atom stereocenters. The average Bonchev–Trinajstić information content (AvgIpc) is 2.66. The zero-order valence-corrected chi connectivity index (χ0v) is 14.5. The van der Waals surface area contributed by atoms with Crippen molar-refractivity contribution in [3.8, 4) is 17.0 Å². The van der Waals surface area contributed by atoms with Crippen LogP contribution < -0.4 is 15.4 Å². The summed E-state index contributed by atoms with van der Waals surface area (Å²) >= 11 is 0. The fourth-order valence-corrected chi connectivity index (χ4v) is 2.77. The molecular formula is C20H23N3O2. The Balaban J connectivity index is 1.96. The quantitative estimate of drug-likeness (QED) is 0.619. The van der Waals surface area contributed by atoms with Crippen LogP contribution in [0, 0.1) is 0 Å². The summed E-state index contributed by atoms with van der Waals surface area (Å²) in [5.41, 5.74) is 3.78. The van der Waals surface area contributed by atoms with E-state index in [1.54, 1.807) is 7.11 Å². The van der Waals surface area contributed by atoms with Gasteiger partial charge in [-0.05, 0) is 43.4 Å². The van der Waals surface area contributed by atoms with Crippen molar-refractivity contribution in [1.29, 1.82) is 0 Å². The predicted octanol–water partition coefficient (Wildman–Crippen LogP) is 2.90. The lowest BCUT2D eigenvalue weighted by atomic mass is 10.1. The highest BCUT2D eigenvalue weighted by Crippen LogP contribution is 2.29. The summed E-state index contributed by atoms with van der Waals surface area (Å²) < 4.78 is 5.22. The lowest BCUT2D eigenvalue weighted by Crippen LogP contribution is -2.30. The zero-order chi connectivity index (χ0) is 17.6. The fourth-order valence-electron chi connectivity index (χ4n) is 2.77. The van der Waals surface area contributed by atoms with Crippen molar-refractivity contribution in [2.45, 2.75) is 6.10 Å². The molecular weight excluding hydrogens is 314 g/mol. The minimum absolute atomic E-state index is 0.457. The molecule has 0 amide bonds. The van der Waals surface area contributed by atoms with Crippen LogP contribution in [0.25, 0.3) is 22.2 Å². The first-order valence-electron chi connectivity index (χ1n) is 8.32. The molecule has 3 aromatic rings. The fraction of sp³-hybridized carbons (Fsp3) is 0.250. The third-order valence-corrected chi connectivity index (χ3v) is 4.07. The Morgan fingerprint density at radius 2 is 1.84 bits per heavy atom. The standard InChI is InChI=1S/C20H23N3O2/c1-21-12-15(24)13-22-20-11-19(14-7-9-16(25-2)10-8-14)23-18-6-4-3-5-17(18)20/h3-11,15,21,24H,12-13H2,1-2H3,(H,22,23). The molecule has 0 bridgehead atoms. The monoisotopic (exact) mass is 337 g/mol. The maximum atomic E-state index is 9.97. The Morgan fingerprint density at radius 3 is 2.56 bits per heavy atom. The van der Waals surface area contributed by atoms with E-state index < -0.39 is 6.10 Å². The highest BCUT2D eigenvalue weighted by molar-refractivity contribution is 5.93. The summed E-state index contributed by atoms with van der Waals surface area (Å²) in [6.07, 6.45) is -0.457. The number of rotatable bonds is 7. The lowest BCUT2D eigenvalue weighted by Gasteiger charge is -2.15. The number of anilines is 1. The Labute approximate surface area is 147 Å². The van der Waals surface area contributed by atoms with Crippen LogP contribution in [0.3, 0.4) is 0 Å². The molecule has 0 radical (unpaired) electrons. The number of hydrogen-bond acceptors (Lipinski definition) is 5. The van der Waals surface area contributed by atoms with Gasteiger partial charge in [0.25, 0.3) is 0 Å². The van der Waals surface area contributed by atoms with E-state index >= 15 is 0 Å². The van der Waals surface area contributed by atoms with Crippen LogP contribution in [-0.4, -0.2) is 43.4 Å². The van der Waals surface area contributed by atoms with Gasteiger partial charge in [-0.15, -0.1) is 0 Å². The van der Waals surface area contributed by atoms with Gasteiger partial charge in [0.1, 0.15) is 5.75 Å². The van der Waals surface area contributed by atoms with E-state index in [-0.39, 0.29) is 0 Å². The number of aromatic nitrogens is 1. The minimum Gasteiger partial charge on any atom is -0.497 e. The number of para-hydroxylation sites is 1. The number of aliphatic hydroxyl groups excluding tert-OH is 1. The van der Waals surface area contributed by atoms with Crippen LogP contribution in [0.4, 0.5) is 5.69 Å². The Kier molecular flexibility index (Phi) is 5.48. The minimum atomic E-state index is -0.457. The molecule has 1 unspecified atom stereocenters. The van der Waals surface area contributed by atoms with Gasteiger partial charge in [-0.25, -0.2) is 4.98 Å². The van der Waals surface area contributed by atoms with Crippen LogP contribution in [0.1, 0.15) is 0 Å². The number of methoxy groups -OCH3 is 1. The topological polar surface area (TPSA) is 66.4 Å². The van der Waals surface area contributed by atoms with Gasteiger partial charge in [0.05, 0.1) is 24.4 Å². The van der Waals surface area contributed by atoms with E-state index in [9.17, 15) is 5.11 Å². The Bertz CT molecular complexity index is 834. The second-order valence-electron chi connectivity index (χ2n) is 5.89. The van der Waals surface area contributed by atoms with Crippen molar-refractivity contribution in [3.05, 3.63) is 54.6 Å². The SMILES string of the molecule is CNCC(O)CNc1cc(-c2ccc(OC)cc2)nc2ccccc12. The molecule has 0 aliphatic carbocycles. The number of likely N-dealkylation sites (N-methyl/N-ethyl adjacent to an activating group) is 1. The molecule has 1 heterocycles. The first-order valence-corrected chi connectivity index (χ1v) is 8.32. The molecule has 5 heteroatoms. The summed E-state index contributed by atoms with van der Waals surface area (Å²) in [6.45, 7) is 1.01. The normalized spacial score (nSPS) is 12.1. The molecule has 3 rings (SSSR count). The van der Waals surface area contributed by atoms with Crippen molar-refractivity contribution >= 4 is 16.6 Å². The van der Waals surface area contributed by atoms with Gasteiger partial charge >= 0.3 is 0 Å². The van der Waals surface area contributed by atoms with E-state index in [4.69, 9.17) is 9.72 Å². The molecule has 130 valence electrons. The number of nitrogens with one attached hydrogen (secondary N) is 2. The van der Waals surface area contributed by atoms with Gasteiger partial charge in [0, 0.05) is 29.7 Å². The van der Waals surface area contributed by atoms with E-state index in [2.05, 4.69) is 10.6 Å². The molecule has 0 aliphatic heterocycles. The van der Waals surface area contributed by atoms with Gasteiger partial charge in [-0.2, -0.15) is 0 Å². The number of aliphatic hydroxyl groups is 1. The van der Waals surface area contributed by atoms with Crippen LogP contribution in [0.2, 0.25) is 0 Å². The van der Waals surface area contributed by atoms with Crippen molar-refractivity contribution in [3.63, 3.8) is 0 Å². The molecule has 25 heavy (non-hydrogen) atoms. The number of ether oxygens (including phenoxy) is 1. The molecule has 0 spiro atoms. The zero-order valence-electron chi connectivity index (χ0n) is 14.5. The third kappa shape index (κ3) is 4.07. The number of pyridine rings is 1. The average molecular weight is 337 g/mol. The van der Waals surface area contributed by atoms with Gasteiger partial charge in [-0.3, -0.25) is 0 Å². The summed E-state index contributed by atoms with van der Waals surface area (Å²) in [6, 6.07) is 17.9. The maximum Gasteiger partial charge on any atom is 0.118 e. The van der Waals surface area contributed by atoms with Gasteiger partial charge in [-0.1, -0.05) is 18.2 Å². The number of nitrogens with zero attached hydrogens (tertiary/aromatic N) is 1. The molecule has 2 aromatic carbocycles. The van der Waals surface area contributed by atoms with E-state index in [0.29, 0.717) is 13.1 Å². The molecule has 0 saturated carbocycles. The summed E-state index contributed by atoms with van der Waals surface area (Å²) in [7, 11) is 3.48. The number of hydrogen-bond donors (Lipinski definition) is 3. The lowest BCUT2D eigenvalue weighted by molar-refractivity contribution is 0.187. The van der Waals surface area contributed by atoms with E-state index in [1.807, 2.05) is 61.6 Å². The van der Waals surface area contributed by atoms with E-state index in [1.165, 1.54) is 0 Å². The van der Waals surface area contributed by atoms with Crippen LogP contribution >= 0.6 is 0 Å². The summed E-state index contributed by atoms with van der Waals surface area (Å²) in [5, 5.41) is 17.3.